The van der Waals surface area contributed by atoms with Crippen LogP contribution in [0.15, 0.2) is 11.6 Å². The van der Waals surface area contributed by atoms with Crippen LogP contribution in [-0.2, 0) is 9.53 Å². The second-order valence-electron chi connectivity index (χ2n) is 2.59. The van der Waals surface area contributed by atoms with Crippen molar-refractivity contribution in [1.82, 2.24) is 5.32 Å². The number of nitrogens with one attached hydrogen (secondary N) is 1. The van der Waals surface area contributed by atoms with Crippen molar-refractivity contribution in [2.24, 2.45) is 5.92 Å². The number of hydrogen-bond donors (Lipinski definition) is 1. The van der Waals surface area contributed by atoms with Crippen molar-refractivity contribution in [3.8, 4) is 0 Å². The molecule has 0 bridgehead atoms. The fourth-order valence-electron chi connectivity index (χ4n) is 1.40. The predicted molar refractivity (Wildman–Crippen MR) is 35.4 cm³/mol. The molecule has 2 rings (SSSR count). The van der Waals surface area contributed by atoms with Crippen LogP contribution in [0.25, 0.3) is 0 Å². The van der Waals surface area contributed by atoms with Crippen molar-refractivity contribution in [2.45, 2.75) is 0 Å². The van der Waals surface area contributed by atoms with Crippen molar-refractivity contribution >= 4 is 5.97 Å². The molecule has 3 heteroatoms. The minimum atomic E-state index is -0.0671. The van der Waals surface area contributed by atoms with E-state index in [1.807, 2.05) is 6.08 Å². The highest BCUT2D eigenvalue weighted by molar-refractivity contribution is 5.78. The number of rotatable bonds is 0. The molecule has 0 aromatic heterocycles. The molecule has 0 aromatic carbocycles. The highest BCUT2D eigenvalue weighted by atomic mass is 16.5. The molecule has 1 N–H and O–H groups in total. The zero-order chi connectivity index (χ0) is 6.97. The molecule has 3 nitrogen and oxygen atoms in total. The number of esters is 1. The number of carbonyl (C=O) groups is 1. The van der Waals surface area contributed by atoms with Crippen molar-refractivity contribution in [3.05, 3.63) is 11.6 Å². The van der Waals surface area contributed by atoms with Gasteiger partial charge in [-0.2, -0.15) is 0 Å². The molecule has 0 amide bonds. The monoisotopic (exact) mass is 139 g/mol. The summed E-state index contributed by atoms with van der Waals surface area (Å²) in [5.74, 6) is -0.0451. The van der Waals surface area contributed by atoms with Crippen LogP contribution >= 0.6 is 0 Å². The van der Waals surface area contributed by atoms with Crippen LogP contribution in [-0.4, -0.2) is 25.7 Å². The minimum absolute atomic E-state index is 0.0220. The topological polar surface area (TPSA) is 38.3 Å². The molecule has 54 valence electrons. The largest absolute Gasteiger partial charge is 0.461 e. The smallest absolute Gasteiger partial charge is 0.314 e. The molecule has 10 heavy (non-hydrogen) atoms. The van der Waals surface area contributed by atoms with E-state index in [0.29, 0.717) is 6.61 Å². The first-order chi connectivity index (χ1) is 4.88. The summed E-state index contributed by atoms with van der Waals surface area (Å²) in [5.41, 5.74) is 1.20. The molecule has 1 unspecified atom stereocenters. The van der Waals surface area contributed by atoms with E-state index in [4.69, 9.17) is 4.74 Å². The van der Waals surface area contributed by atoms with Gasteiger partial charge in [0.25, 0.3) is 0 Å². The Kier molecular flexibility index (Phi) is 1.24. The first-order valence-corrected chi connectivity index (χ1v) is 3.44. The molecule has 0 aromatic rings. The van der Waals surface area contributed by atoms with E-state index in [0.717, 1.165) is 13.1 Å². The molecular formula is C7H9NO2. The second-order valence-corrected chi connectivity index (χ2v) is 2.59. The van der Waals surface area contributed by atoms with Gasteiger partial charge in [0.1, 0.15) is 6.61 Å². The van der Waals surface area contributed by atoms with E-state index >= 15 is 0 Å². The Hall–Kier alpha value is -0.830. The third kappa shape index (κ3) is 0.743. The maximum atomic E-state index is 11.0. The van der Waals surface area contributed by atoms with Gasteiger partial charge in [-0.05, 0) is 11.6 Å². The highest BCUT2D eigenvalue weighted by Gasteiger charge is 2.30. The number of cyclic esters (lactones) is 1. The molecule has 2 aliphatic heterocycles. The molecular weight excluding hydrogens is 130 g/mol. The maximum Gasteiger partial charge on any atom is 0.314 e. The number of hydrogen-bond acceptors (Lipinski definition) is 3. The predicted octanol–water partition coefficient (Wildman–Crippen LogP) is -0.311. The van der Waals surface area contributed by atoms with Crippen molar-refractivity contribution in [3.63, 3.8) is 0 Å². The van der Waals surface area contributed by atoms with E-state index in [-0.39, 0.29) is 11.9 Å². The van der Waals surface area contributed by atoms with Crippen LogP contribution in [0.1, 0.15) is 0 Å². The van der Waals surface area contributed by atoms with Crippen LogP contribution in [0.5, 0.6) is 0 Å². The Bertz CT molecular complexity index is 198. The maximum absolute atomic E-state index is 11.0. The third-order valence-corrected chi connectivity index (χ3v) is 1.98. The van der Waals surface area contributed by atoms with Crippen LogP contribution < -0.4 is 5.32 Å². The summed E-state index contributed by atoms with van der Waals surface area (Å²) in [6.07, 6.45) is 1.99. The van der Waals surface area contributed by atoms with Gasteiger partial charge in [0.2, 0.25) is 0 Å². The average Bonchev–Trinajstić information content (AvgIpc) is 2.36. The Morgan fingerprint density at radius 2 is 2.60 bits per heavy atom. The number of carbonyl (C=O) groups excluding carboxylic acids is 1. The normalized spacial score (nSPS) is 31.0. The first kappa shape index (κ1) is 5.92. The van der Waals surface area contributed by atoms with E-state index in [1.165, 1.54) is 5.57 Å². The first-order valence-electron chi connectivity index (χ1n) is 3.44. The Balaban J connectivity index is 2.26. The lowest BCUT2D eigenvalue weighted by Crippen LogP contribution is -2.24. The summed E-state index contributed by atoms with van der Waals surface area (Å²) in [6.45, 7) is 2.08. The molecule has 0 saturated carbocycles. The summed E-state index contributed by atoms with van der Waals surface area (Å²) in [7, 11) is 0. The van der Waals surface area contributed by atoms with Crippen molar-refractivity contribution < 1.29 is 9.53 Å². The second kappa shape index (κ2) is 2.09. The van der Waals surface area contributed by atoms with Crippen molar-refractivity contribution in [2.75, 3.05) is 19.7 Å². The molecule has 1 saturated heterocycles. The van der Waals surface area contributed by atoms with E-state index in [2.05, 4.69) is 5.32 Å². The van der Waals surface area contributed by atoms with Gasteiger partial charge in [0, 0.05) is 13.1 Å². The molecule has 0 spiro atoms. The number of fused-ring (bicyclic) bond motifs is 1. The van der Waals surface area contributed by atoms with Gasteiger partial charge < -0.3 is 10.1 Å². The van der Waals surface area contributed by atoms with Gasteiger partial charge in [0.05, 0.1) is 5.92 Å². The summed E-state index contributed by atoms with van der Waals surface area (Å²) < 4.78 is 4.84. The van der Waals surface area contributed by atoms with Gasteiger partial charge in [-0.3, -0.25) is 4.79 Å². The van der Waals surface area contributed by atoms with Gasteiger partial charge in [-0.1, -0.05) is 0 Å². The molecule has 1 fully saturated rings. The van der Waals surface area contributed by atoms with Gasteiger partial charge in [0.15, 0.2) is 0 Å². The number of ether oxygens (including phenoxy) is 1. The molecule has 0 radical (unpaired) electrons. The van der Waals surface area contributed by atoms with Crippen LogP contribution in [0.4, 0.5) is 0 Å². The van der Waals surface area contributed by atoms with E-state index in [1.54, 1.807) is 0 Å². The lowest BCUT2D eigenvalue weighted by atomic mass is 10.0. The molecule has 0 aliphatic carbocycles. The van der Waals surface area contributed by atoms with Crippen LogP contribution in [0, 0.1) is 5.92 Å². The Labute approximate surface area is 59.1 Å². The molecule has 1 atom stereocenters. The lowest BCUT2D eigenvalue weighted by Gasteiger charge is -2.14. The third-order valence-electron chi connectivity index (χ3n) is 1.98. The zero-order valence-corrected chi connectivity index (χ0v) is 5.59. The van der Waals surface area contributed by atoms with Crippen LogP contribution in [0.2, 0.25) is 0 Å². The summed E-state index contributed by atoms with van der Waals surface area (Å²) >= 11 is 0. The fourth-order valence-corrected chi connectivity index (χ4v) is 1.40. The lowest BCUT2D eigenvalue weighted by molar-refractivity contribution is -0.146. The Morgan fingerprint density at radius 3 is 3.40 bits per heavy atom. The molecule has 2 aliphatic rings. The summed E-state index contributed by atoms with van der Waals surface area (Å²) in [5, 5.41) is 3.13. The van der Waals surface area contributed by atoms with Gasteiger partial charge in [-0.25, -0.2) is 0 Å². The van der Waals surface area contributed by atoms with Gasteiger partial charge in [-0.15, -0.1) is 0 Å². The summed E-state index contributed by atoms with van der Waals surface area (Å²) in [4.78, 5) is 11.0. The standard InChI is InChI=1S/C7H9NO2/c9-7-6-4-8-3-5(6)1-2-10-7/h1,6,8H,2-4H2. The SMILES string of the molecule is O=C1OCC=C2CNCC12. The Morgan fingerprint density at radius 1 is 1.70 bits per heavy atom. The average molecular weight is 139 g/mol. The highest BCUT2D eigenvalue weighted by Crippen LogP contribution is 2.20. The fraction of sp³-hybridized carbons (Fsp3) is 0.571. The molecule has 2 heterocycles. The summed E-state index contributed by atoms with van der Waals surface area (Å²) in [6, 6.07) is 0. The quantitative estimate of drug-likeness (QED) is 0.369. The van der Waals surface area contributed by atoms with Crippen LogP contribution in [0.3, 0.4) is 0 Å². The van der Waals surface area contributed by atoms with Crippen molar-refractivity contribution in [1.29, 1.82) is 0 Å². The van der Waals surface area contributed by atoms with E-state index < -0.39 is 0 Å². The minimum Gasteiger partial charge on any atom is -0.461 e. The van der Waals surface area contributed by atoms with Gasteiger partial charge >= 0.3 is 5.97 Å². The zero-order valence-electron chi connectivity index (χ0n) is 5.59. The van der Waals surface area contributed by atoms with E-state index in [9.17, 15) is 4.79 Å².